The lowest BCUT2D eigenvalue weighted by molar-refractivity contribution is -0.0498. The number of ether oxygens (including phenoxy) is 1. The van der Waals surface area contributed by atoms with E-state index in [-0.39, 0.29) is 11.3 Å². The molecule has 5 nitrogen and oxygen atoms in total. The van der Waals surface area contributed by atoms with Crippen molar-refractivity contribution in [3.05, 3.63) is 34.8 Å². The molecule has 0 unspecified atom stereocenters. The highest BCUT2D eigenvalue weighted by atomic mass is 32.1. The Morgan fingerprint density at radius 2 is 2.04 bits per heavy atom. The van der Waals surface area contributed by atoms with Crippen LogP contribution in [-0.4, -0.2) is 22.7 Å². The van der Waals surface area contributed by atoms with E-state index >= 15 is 0 Å². The second-order valence-electron chi connectivity index (χ2n) is 4.82. The molecule has 23 heavy (non-hydrogen) atoms. The van der Waals surface area contributed by atoms with Crippen molar-refractivity contribution in [1.82, 2.24) is 10.2 Å². The molecular formula is C15H17F2N3O2S. The van der Waals surface area contributed by atoms with Crippen LogP contribution in [0.1, 0.15) is 48.0 Å². The number of amides is 1. The summed E-state index contributed by atoms with van der Waals surface area (Å²) in [6, 6.07) is 5.60. The molecule has 1 heterocycles. The minimum atomic E-state index is -2.93. The van der Waals surface area contributed by atoms with E-state index < -0.39 is 12.5 Å². The molecule has 1 amide bonds. The molecule has 1 aromatic heterocycles. The van der Waals surface area contributed by atoms with E-state index in [1.165, 1.54) is 35.6 Å². The summed E-state index contributed by atoms with van der Waals surface area (Å²) in [5.74, 6) is -0.194. The lowest BCUT2D eigenvalue weighted by atomic mass is 10.1. The van der Waals surface area contributed by atoms with E-state index in [0.717, 1.165) is 17.8 Å². The number of alkyl halides is 2. The Kier molecular flexibility index (Phi) is 5.97. The molecule has 0 aliphatic rings. The van der Waals surface area contributed by atoms with Crippen molar-refractivity contribution >= 4 is 22.4 Å². The number of benzene rings is 1. The van der Waals surface area contributed by atoms with Crippen LogP contribution in [-0.2, 0) is 0 Å². The van der Waals surface area contributed by atoms with E-state index in [4.69, 9.17) is 0 Å². The number of anilines is 1. The van der Waals surface area contributed by atoms with Gasteiger partial charge in [0.1, 0.15) is 10.8 Å². The molecule has 0 bridgehead atoms. The summed E-state index contributed by atoms with van der Waals surface area (Å²) in [5, 5.41) is 11.9. The largest absolute Gasteiger partial charge is 0.435 e. The predicted molar refractivity (Wildman–Crippen MR) is 84.3 cm³/mol. The van der Waals surface area contributed by atoms with Gasteiger partial charge in [0, 0.05) is 11.5 Å². The second kappa shape index (κ2) is 7.96. The smallest absolute Gasteiger partial charge is 0.387 e. The second-order valence-corrected chi connectivity index (χ2v) is 5.83. The van der Waals surface area contributed by atoms with Crippen molar-refractivity contribution in [3.63, 3.8) is 0 Å². The van der Waals surface area contributed by atoms with Crippen molar-refractivity contribution in [2.24, 2.45) is 0 Å². The zero-order valence-corrected chi connectivity index (χ0v) is 13.6. The molecule has 8 heteroatoms. The predicted octanol–water partition coefficient (Wildman–Crippen LogP) is 4.30. The Morgan fingerprint density at radius 1 is 1.30 bits per heavy atom. The minimum absolute atomic E-state index is 0.0670. The van der Waals surface area contributed by atoms with Gasteiger partial charge in [-0.2, -0.15) is 8.78 Å². The van der Waals surface area contributed by atoms with Crippen LogP contribution in [0.2, 0.25) is 0 Å². The quantitative estimate of drug-likeness (QED) is 0.816. The van der Waals surface area contributed by atoms with Crippen LogP contribution >= 0.6 is 11.3 Å². The Hall–Kier alpha value is -2.09. The lowest BCUT2D eigenvalue weighted by Gasteiger charge is -2.07. The van der Waals surface area contributed by atoms with Gasteiger partial charge in [0.05, 0.1) is 0 Å². The van der Waals surface area contributed by atoms with Gasteiger partial charge >= 0.3 is 6.61 Å². The number of hydrogen-bond acceptors (Lipinski definition) is 5. The number of carbonyl (C=O) groups excluding carboxylic acids is 1. The van der Waals surface area contributed by atoms with Crippen LogP contribution in [0.3, 0.4) is 0 Å². The lowest BCUT2D eigenvalue weighted by Crippen LogP contribution is -2.12. The first-order valence-electron chi connectivity index (χ1n) is 7.23. The van der Waals surface area contributed by atoms with Crippen molar-refractivity contribution in [3.8, 4) is 5.75 Å². The summed E-state index contributed by atoms with van der Waals surface area (Å²) in [6.07, 6.45) is 1.90. The molecule has 1 N–H and O–H groups in total. The summed E-state index contributed by atoms with van der Waals surface area (Å²) < 4.78 is 28.7. The van der Waals surface area contributed by atoms with Gasteiger partial charge in [-0.3, -0.25) is 10.1 Å². The third kappa shape index (κ3) is 4.69. The third-order valence-corrected chi connectivity index (χ3v) is 4.32. The highest BCUT2D eigenvalue weighted by Gasteiger charge is 2.16. The Balaban J connectivity index is 2.07. The number of nitrogens with zero attached hydrogens (tertiary/aromatic N) is 2. The standard InChI is InChI=1S/C15H17F2N3O2S/c1-3-9(4-2)13-19-20-15(23-13)18-12(21)10-6-5-7-11(8-10)22-14(16)17/h5-9,14H,3-4H2,1-2H3,(H,18,20,21). The molecule has 124 valence electrons. The molecule has 0 saturated heterocycles. The molecule has 0 spiro atoms. The van der Waals surface area contributed by atoms with Crippen LogP contribution in [0.25, 0.3) is 0 Å². The fraction of sp³-hybridized carbons (Fsp3) is 0.400. The van der Waals surface area contributed by atoms with Crippen LogP contribution in [0.5, 0.6) is 5.75 Å². The molecule has 0 radical (unpaired) electrons. The van der Waals surface area contributed by atoms with E-state index in [2.05, 4.69) is 34.1 Å². The number of halogens is 2. The Bertz CT molecular complexity index is 660. The SMILES string of the molecule is CCC(CC)c1nnc(NC(=O)c2cccc(OC(F)F)c2)s1. The summed E-state index contributed by atoms with van der Waals surface area (Å²) >= 11 is 1.32. The third-order valence-electron chi connectivity index (χ3n) is 3.32. The zero-order chi connectivity index (χ0) is 16.8. The first-order valence-corrected chi connectivity index (χ1v) is 8.04. The topological polar surface area (TPSA) is 64.1 Å². The van der Waals surface area contributed by atoms with E-state index in [9.17, 15) is 13.6 Å². The van der Waals surface area contributed by atoms with Gasteiger partial charge in [0.15, 0.2) is 0 Å². The minimum Gasteiger partial charge on any atom is -0.435 e. The number of carbonyl (C=O) groups is 1. The molecule has 0 atom stereocenters. The van der Waals surface area contributed by atoms with Crippen molar-refractivity contribution in [1.29, 1.82) is 0 Å². The van der Waals surface area contributed by atoms with Crippen LogP contribution in [0.15, 0.2) is 24.3 Å². The molecule has 0 fully saturated rings. The highest BCUT2D eigenvalue weighted by molar-refractivity contribution is 7.15. The first-order chi connectivity index (χ1) is 11.0. The number of nitrogens with one attached hydrogen (secondary N) is 1. The van der Waals surface area contributed by atoms with Gasteiger partial charge in [0.2, 0.25) is 5.13 Å². The molecule has 0 saturated carbocycles. The van der Waals surface area contributed by atoms with Gasteiger partial charge < -0.3 is 4.74 Å². The molecule has 0 aliphatic heterocycles. The monoisotopic (exact) mass is 341 g/mol. The Morgan fingerprint density at radius 3 is 2.70 bits per heavy atom. The van der Waals surface area contributed by atoms with Gasteiger partial charge in [-0.05, 0) is 31.0 Å². The van der Waals surface area contributed by atoms with Crippen molar-refractivity contribution in [2.75, 3.05) is 5.32 Å². The summed E-state index contributed by atoms with van der Waals surface area (Å²) in [4.78, 5) is 12.2. The maximum Gasteiger partial charge on any atom is 0.387 e. The van der Waals surface area contributed by atoms with Gasteiger partial charge in [-0.15, -0.1) is 10.2 Å². The number of hydrogen-bond donors (Lipinski definition) is 1. The van der Waals surface area contributed by atoms with Crippen LogP contribution < -0.4 is 10.1 Å². The molecular weight excluding hydrogens is 324 g/mol. The summed E-state index contributed by atoms with van der Waals surface area (Å²) in [6.45, 7) is 1.21. The molecule has 0 aliphatic carbocycles. The Labute approximate surface area is 136 Å². The van der Waals surface area contributed by atoms with Crippen LogP contribution in [0.4, 0.5) is 13.9 Å². The van der Waals surface area contributed by atoms with Gasteiger partial charge in [-0.1, -0.05) is 31.3 Å². The average Bonchev–Trinajstić information content (AvgIpc) is 2.96. The zero-order valence-electron chi connectivity index (χ0n) is 12.8. The molecule has 2 aromatic rings. The van der Waals surface area contributed by atoms with Crippen molar-refractivity contribution in [2.45, 2.75) is 39.2 Å². The van der Waals surface area contributed by atoms with Gasteiger partial charge in [0.25, 0.3) is 5.91 Å². The number of rotatable bonds is 7. The van der Waals surface area contributed by atoms with Crippen molar-refractivity contribution < 1.29 is 18.3 Å². The van der Waals surface area contributed by atoms with Crippen LogP contribution in [0, 0.1) is 0 Å². The van der Waals surface area contributed by atoms with E-state index in [1.807, 2.05) is 0 Å². The van der Waals surface area contributed by atoms with Gasteiger partial charge in [-0.25, -0.2) is 0 Å². The summed E-state index contributed by atoms with van der Waals surface area (Å²) in [5.41, 5.74) is 0.211. The number of aromatic nitrogens is 2. The van der Waals surface area contributed by atoms with E-state index in [0.29, 0.717) is 11.0 Å². The normalized spacial score (nSPS) is 11.0. The molecule has 1 aromatic carbocycles. The summed E-state index contributed by atoms with van der Waals surface area (Å²) in [7, 11) is 0. The average molecular weight is 341 g/mol. The maximum absolute atomic E-state index is 12.2. The fourth-order valence-electron chi connectivity index (χ4n) is 2.07. The fourth-order valence-corrected chi connectivity index (χ4v) is 3.08. The van der Waals surface area contributed by atoms with E-state index in [1.54, 1.807) is 0 Å². The maximum atomic E-state index is 12.2. The molecule has 2 rings (SSSR count). The highest BCUT2D eigenvalue weighted by Crippen LogP contribution is 2.28. The first kappa shape index (κ1) is 17.3.